The summed E-state index contributed by atoms with van der Waals surface area (Å²) in [4.78, 5) is 30.5. The van der Waals surface area contributed by atoms with Crippen LogP contribution in [0.5, 0.6) is 0 Å². The normalized spacial score (nSPS) is 15.0. The number of carbonyl (C=O) groups excluding carboxylic acids is 2. The largest absolute Gasteiger partial charge is 0.351 e. The lowest BCUT2D eigenvalue weighted by molar-refractivity contribution is -0.122. The summed E-state index contributed by atoms with van der Waals surface area (Å²) >= 11 is 7.24. The van der Waals surface area contributed by atoms with E-state index in [1.807, 2.05) is 0 Å². The van der Waals surface area contributed by atoms with Crippen molar-refractivity contribution in [2.24, 2.45) is 0 Å². The summed E-state index contributed by atoms with van der Waals surface area (Å²) in [6.45, 7) is 0.329. The fourth-order valence-corrected chi connectivity index (χ4v) is 4.38. The zero-order chi connectivity index (χ0) is 20.4. The van der Waals surface area contributed by atoms with Gasteiger partial charge in [-0.15, -0.1) is 11.3 Å². The van der Waals surface area contributed by atoms with Gasteiger partial charge in [0.1, 0.15) is 5.82 Å². The first-order valence-electron chi connectivity index (χ1n) is 9.08. The summed E-state index contributed by atoms with van der Waals surface area (Å²) in [7, 11) is 0. The summed E-state index contributed by atoms with van der Waals surface area (Å²) in [6.07, 6.45) is 1.44. The van der Waals surface area contributed by atoms with Crippen LogP contribution in [0.25, 0.3) is 0 Å². The van der Waals surface area contributed by atoms with Gasteiger partial charge in [0.05, 0.1) is 11.6 Å². The molecule has 0 bridgehead atoms. The molecule has 1 atom stereocenters. The van der Waals surface area contributed by atoms with Gasteiger partial charge in [0, 0.05) is 22.0 Å². The Labute approximate surface area is 175 Å². The van der Waals surface area contributed by atoms with Gasteiger partial charge in [-0.2, -0.15) is 0 Å². The molecule has 1 unspecified atom stereocenters. The van der Waals surface area contributed by atoms with Crippen LogP contribution in [0.4, 0.5) is 9.52 Å². The molecule has 0 spiro atoms. The van der Waals surface area contributed by atoms with Crippen molar-refractivity contribution in [3.05, 3.63) is 81.1 Å². The fraction of sp³-hybridized carbons (Fsp3) is 0.190. The molecule has 5 nitrogen and oxygen atoms in total. The maximum atomic E-state index is 13.0. The van der Waals surface area contributed by atoms with E-state index < -0.39 is 0 Å². The van der Waals surface area contributed by atoms with Gasteiger partial charge < -0.3 is 5.32 Å². The van der Waals surface area contributed by atoms with Gasteiger partial charge in [-0.25, -0.2) is 9.37 Å². The van der Waals surface area contributed by atoms with Crippen molar-refractivity contribution in [1.29, 1.82) is 0 Å². The second-order valence-electron chi connectivity index (χ2n) is 6.72. The minimum atomic E-state index is -0.345. The average Bonchev–Trinajstić information content (AvgIpc) is 3.28. The Morgan fingerprint density at radius 3 is 2.59 bits per heavy atom. The van der Waals surface area contributed by atoms with Crippen molar-refractivity contribution in [1.82, 2.24) is 10.3 Å². The van der Waals surface area contributed by atoms with E-state index in [2.05, 4.69) is 15.6 Å². The number of aryl methyl sites for hydroxylation is 1. The Kier molecular flexibility index (Phi) is 5.60. The number of rotatable bonds is 5. The monoisotopic (exact) mass is 429 g/mol. The molecule has 0 radical (unpaired) electrons. The van der Waals surface area contributed by atoms with E-state index in [-0.39, 0.29) is 23.5 Å². The number of anilines is 1. The van der Waals surface area contributed by atoms with E-state index in [9.17, 15) is 14.0 Å². The van der Waals surface area contributed by atoms with E-state index in [0.29, 0.717) is 28.7 Å². The summed E-state index contributed by atoms with van der Waals surface area (Å²) in [5.41, 5.74) is 2.03. The summed E-state index contributed by atoms with van der Waals surface area (Å²) in [6, 6.07) is 12.6. The van der Waals surface area contributed by atoms with Gasteiger partial charge in [0.25, 0.3) is 5.91 Å². The van der Waals surface area contributed by atoms with E-state index in [1.54, 1.807) is 36.4 Å². The molecule has 2 amide bonds. The Hall–Kier alpha value is -2.77. The highest BCUT2D eigenvalue weighted by molar-refractivity contribution is 7.16. The molecule has 0 saturated carbocycles. The molecular weight excluding hydrogens is 413 g/mol. The standard InChI is InChI=1S/C21H17ClFN3O2S/c22-14-5-3-13(4-6-14)19(27)26-21-25-18-16(9-10-17(18)29-21)20(28)24-11-12-1-7-15(23)8-2-12/h1-8,16H,9-11H2,(H,24,28)(H,25,26,27). The summed E-state index contributed by atoms with van der Waals surface area (Å²) < 4.78 is 13.0. The lowest BCUT2D eigenvalue weighted by atomic mass is 10.1. The van der Waals surface area contributed by atoms with Crippen molar-refractivity contribution in [2.45, 2.75) is 25.3 Å². The van der Waals surface area contributed by atoms with Crippen LogP contribution in [0, 0.1) is 5.82 Å². The number of benzene rings is 2. The highest BCUT2D eigenvalue weighted by Crippen LogP contribution is 2.38. The Balaban J connectivity index is 1.40. The highest BCUT2D eigenvalue weighted by atomic mass is 35.5. The molecule has 1 aliphatic carbocycles. The minimum absolute atomic E-state index is 0.117. The molecule has 2 aromatic carbocycles. The number of halogens is 2. The third kappa shape index (κ3) is 4.46. The molecular formula is C21H17ClFN3O2S. The summed E-state index contributed by atoms with van der Waals surface area (Å²) in [5, 5.41) is 6.71. The number of carbonyl (C=O) groups is 2. The Morgan fingerprint density at radius 1 is 1.14 bits per heavy atom. The van der Waals surface area contributed by atoms with Crippen LogP contribution in [-0.4, -0.2) is 16.8 Å². The van der Waals surface area contributed by atoms with Crippen molar-refractivity contribution >= 4 is 39.9 Å². The maximum absolute atomic E-state index is 13.0. The number of fused-ring (bicyclic) bond motifs is 1. The van der Waals surface area contributed by atoms with Crippen molar-refractivity contribution in [2.75, 3.05) is 5.32 Å². The molecule has 0 saturated heterocycles. The van der Waals surface area contributed by atoms with Crippen molar-refractivity contribution in [3.8, 4) is 0 Å². The molecule has 2 N–H and O–H groups in total. The zero-order valence-electron chi connectivity index (χ0n) is 15.2. The Bertz CT molecular complexity index is 1050. The number of thiazole rings is 1. The van der Waals surface area contributed by atoms with Crippen molar-refractivity contribution < 1.29 is 14.0 Å². The SMILES string of the molecule is O=C(Nc1nc2c(s1)CCC2C(=O)NCc1ccc(F)cc1)c1ccc(Cl)cc1. The molecule has 29 heavy (non-hydrogen) atoms. The summed E-state index contributed by atoms with van der Waals surface area (Å²) in [5.74, 6) is -1.04. The van der Waals surface area contributed by atoms with Gasteiger partial charge in [0.15, 0.2) is 5.13 Å². The van der Waals surface area contributed by atoms with Gasteiger partial charge in [-0.3, -0.25) is 14.9 Å². The molecule has 148 valence electrons. The minimum Gasteiger partial charge on any atom is -0.351 e. The molecule has 0 fully saturated rings. The highest BCUT2D eigenvalue weighted by Gasteiger charge is 2.32. The first-order valence-corrected chi connectivity index (χ1v) is 10.3. The van der Waals surface area contributed by atoms with E-state index >= 15 is 0 Å². The maximum Gasteiger partial charge on any atom is 0.257 e. The van der Waals surface area contributed by atoms with Crippen LogP contribution < -0.4 is 10.6 Å². The number of hydrogen-bond donors (Lipinski definition) is 2. The number of hydrogen-bond acceptors (Lipinski definition) is 4. The lowest BCUT2D eigenvalue weighted by Gasteiger charge is -2.11. The zero-order valence-corrected chi connectivity index (χ0v) is 16.8. The molecule has 1 heterocycles. The first-order chi connectivity index (χ1) is 14.0. The number of nitrogens with zero attached hydrogens (tertiary/aromatic N) is 1. The number of nitrogens with one attached hydrogen (secondary N) is 2. The molecule has 1 aromatic heterocycles. The van der Waals surface area contributed by atoms with Crippen LogP contribution >= 0.6 is 22.9 Å². The smallest absolute Gasteiger partial charge is 0.257 e. The van der Waals surface area contributed by atoms with Gasteiger partial charge in [-0.05, 0) is 54.8 Å². The van der Waals surface area contributed by atoms with Gasteiger partial charge in [-0.1, -0.05) is 23.7 Å². The van der Waals surface area contributed by atoms with Crippen LogP contribution in [0.15, 0.2) is 48.5 Å². The molecule has 3 aromatic rings. The van der Waals surface area contributed by atoms with Crippen molar-refractivity contribution in [3.63, 3.8) is 0 Å². The predicted molar refractivity (Wildman–Crippen MR) is 111 cm³/mol. The third-order valence-corrected chi connectivity index (χ3v) is 6.04. The molecule has 4 rings (SSSR count). The number of amides is 2. The first kappa shape index (κ1) is 19.5. The van der Waals surface area contributed by atoms with Gasteiger partial charge >= 0.3 is 0 Å². The van der Waals surface area contributed by atoms with Crippen LogP contribution in [0.2, 0.25) is 5.02 Å². The second kappa shape index (κ2) is 8.31. The van der Waals surface area contributed by atoms with E-state index in [1.165, 1.54) is 23.5 Å². The topological polar surface area (TPSA) is 71.1 Å². The van der Waals surface area contributed by atoms with Crippen LogP contribution in [-0.2, 0) is 17.8 Å². The lowest BCUT2D eigenvalue weighted by Crippen LogP contribution is -2.28. The number of aromatic nitrogens is 1. The second-order valence-corrected chi connectivity index (χ2v) is 8.24. The predicted octanol–water partition coefficient (Wildman–Crippen LogP) is 4.53. The average molecular weight is 430 g/mol. The Morgan fingerprint density at radius 2 is 1.86 bits per heavy atom. The van der Waals surface area contributed by atoms with Crippen LogP contribution in [0.1, 0.15) is 38.8 Å². The molecule has 0 aliphatic heterocycles. The van der Waals surface area contributed by atoms with Crippen LogP contribution in [0.3, 0.4) is 0 Å². The molecule has 1 aliphatic rings. The fourth-order valence-electron chi connectivity index (χ4n) is 3.22. The third-order valence-electron chi connectivity index (χ3n) is 4.74. The van der Waals surface area contributed by atoms with Gasteiger partial charge in [0.2, 0.25) is 5.91 Å². The van der Waals surface area contributed by atoms with E-state index in [4.69, 9.17) is 11.6 Å². The quantitative estimate of drug-likeness (QED) is 0.625. The van der Waals surface area contributed by atoms with E-state index in [0.717, 1.165) is 22.6 Å². The molecule has 8 heteroatoms.